The molecule has 1 heterocycles. The van der Waals surface area contributed by atoms with Gasteiger partial charge in [-0.2, -0.15) is 5.26 Å². The van der Waals surface area contributed by atoms with Crippen molar-refractivity contribution in [2.24, 2.45) is 0 Å². The maximum absolute atomic E-state index is 8.84. The molecular formula is C17H17NOS. The van der Waals surface area contributed by atoms with Gasteiger partial charge in [-0.1, -0.05) is 19.1 Å². The highest BCUT2D eigenvalue weighted by atomic mass is 32.1. The van der Waals surface area contributed by atoms with E-state index in [1.54, 1.807) is 0 Å². The van der Waals surface area contributed by atoms with Crippen molar-refractivity contribution >= 4 is 11.3 Å². The van der Waals surface area contributed by atoms with Crippen molar-refractivity contribution in [2.75, 3.05) is 6.61 Å². The number of allylic oxidation sites excluding steroid dienone is 1. The zero-order chi connectivity index (χ0) is 14.2. The van der Waals surface area contributed by atoms with E-state index in [4.69, 9.17) is 10.00 Å². The molecule has 2 aromatic rings. The van der Waals surface area contributed by atoms with Crippen molar-refractivity contribution in [1.29, 1.82) is 5.26 Å². The smallest absolute Gasteiger partial charge is 0.119 e. The van der Waals surface area contributed by atoms with Crippen LogP contribution in [0.3, 0.4) is 0 Å². The molecule has 0 fully saturated rings. The zero-order valence-corrected chi connectivity index (χ0v) is 12.3. The van der Waals surface area contributed by atoms with Crippen molar-refractivity contribution in [3.63, 3.8) is 0 Å². The van der Waals surface area contributed by atoms with Crippen LogP contribution in [0.2, 0.25) is 0 Å². The minimum Gasteiger partial charge on any atom is -0.493 e. The minimum absolute atomic E-state index is 0.702. The summed E-state index contributed by atoms with van der Waals surface area (Å²) in [5, 5.41) is 8.84. The zero-order valence-electron chi connectivity index (χ0n) is 11.5. The van der Waals surface area contributed by atoms with Gasteiger partial charge in [0.15, 0.2) is 0 Å². The van der Waals surface area contributed by atoms with E-state index in [1.807, 2.05) is 36.4 Å². The molecule has 0 N–H and O–H groups in total. The fourth-order valence-corrected chi connectivity index (χ4v) is 2.61. The quantitative estimate of drug-likeness (QED) is 0.550. The molecular weight excluding hydrogens is 266 g/mol. The highest BCUT2D eigenvalue weighted by molar-refractivity contribution is 7.16. The number of hydrogen-bond acceptors (Lipinski definition) is 3. The fourth-order valence-electron chi connectivity index (χ4n) is 1.80. The van der Waals surface area contributed by atoms with E-state index in [1.165, 1.54) is 11.3 Å². The molecule has 0 bridgehead atoms. The molecule has 102 valence electrons. The first kappa shape index (κ1) is 14.4. The van der Waals surface area contributed by atoms with E-state index >= 15 is 0 Å². The second kappa shape index (κ2) is 7.52. The number of rotatable bonds is 6. The summed E-state index contributed by atoms with van der Waals surface area (Å²) in [6, 6.07) is 14.0. The molecule has 0 spiro atoms. The van der Waals surface area contributed by atoms with Crippen LogP contribution in [0.1, 0.15) is 24.6 Å². The Labute approximate surface area is 123 Å². The molecule has 0 aliphatic rings. The van der Waals surface area contributed by atoms with Crippen molar-refractivity contribution in [3.05, 3.63) is 53.4 Å². The molecule has 0 unspecified atom stereocenters. The third-order valence-electron chi connectivity index (χ3n) is 2.81. The lowest BCUT2D eigenvalue weighted by atomic mass is 10.2. The Morgan fingerprint density at radius 3 is 2.60 bits per heavy atom. The first-order chi connectivity index (χ1) is 9.83. The largest absolute Gasteiger partial charge is 0.493 e. The number of benzene rings is 1. The van der Waals surface area contributed by atoms with Crippen LogP contribution < -0.4 is 4.74 Å². The van der Waals surface area contributed by atoms with Gasteiger partial charge in [-0.25, -0.2) is 0 Å². The Hall–Kier alpha value is -2.05. The normalized spacial score (nSPS) is 10.6. The minimum atomic E-state index is 0.702. The van der Waals surface area contributed by atoms with Crippen LogP contribution in [-0.4, -0.2) is 6.61 Å². The molecule has 1 aromatic heterocycles. The standard InChI is InChI=1S/C17H17NOS/c1-2-3-4-5-12-19-15-8-6-14(7-9-15)17-11-10-16(13-18)20-17/h3-4,6-11H,2,5,12H2,1H3. The summed E-state index contributed by atoms with van der Waals surface area (Å²) >= 11 is 1.51. The molecule has 0 aliphatic heterocycles. The van der Waals surface area contributed by atoms with Crippen LogP contribution in [0, 0.1) is 11.3 Å². The molecule has 0 saturated heterocycles. The second-order valence-corrected chi connectivity index (χ2v) is 5.40. The fraction of sp³-hybridized carbons (Fsp3) is 0.235. The molecule has 0 atom stereocenters. The Bertz CT molecular complexity index is 605. The van der Waals surface area contributed by atoms with E-state index in [2.05, 4.69) is 25.1 Å². The summed E-state index contributed by atoms with van der Waals surface area (Å²) in [5.74, 6) is 0.885. The Morgan fingerprint density at radius 2 is 1.95 bits per heavy atom. The molecule has 0 radical (unpaired) electrons. The van der Waals surface area contributed by atoms with Gasteiger partial charge in [-0.3, -0.25) is 0 Å². The topological polar surface area (TPSA) is 33.0 Å². The van der Waals surface area contributed by atoms with Crippen molar-refractivity contribution in [2.45, 2.75) is 19.8 Å². The molecule has 0 amide bonds. The van der Waals surface area contributed by atoms with Gasteiger partial charge in [0.25, 0.3) is 0 Å². The van der Waals surface area contributed by atoms with E-state index in [9.17, 15) is 0 Å². The summed E-state index contributed by atoms with van der Waals surface area (Å²) < 4.78 is 5.67. The van der Waals surface area contributed by atoms with Crippen LogP contribution in [0.15, 0.2) is 48.6 Å². The van der Waals surface area contributed by atoms with E-state index in [0.29, 0.717) is 6.61 Å². The third-order valence-corrected chi connectivity index (χ3v) is 3.85. The lowest BCUT2D eigenvalue weighted by Gasteiger charge is -2.05. The molecule has 2 nitrogen and oxygen atoms in total. The monoisotopic (exact) mass is 283 g/mol. The van der Waals surface area contributed by atoms with E-state index in [-0.39, 0.29) is 0 Å². The lowest BCUT2D eigenvalue weighted by molar-refractivity contribution is 0.325. The summed E-state index contributed by atoms with van der Waals surface area (Å²) in [7, 11) is 0. The SMILES string of the molecule is CCC=CCCOc1ccc(-c2ccc(C#N)s2)cc1. The first-order valence-electron chi connectivity index (χ1n) is 6.71. The lowest BCUT2D eigenvalue weighted by Crippen LogP contribution is -1.95. The van der Waals surface area contributed by atoms with E-state index in [0.717, 1.165) is 33.9 Å². The number of ether oxygens (including phenoxy) is 1. The number of hydrogen-bond donors (Lipinski definition) is 0. The van der Waals surface area contributed by atoms with Crippen LogP contribution in [0.5, 0.6) is 5.75 Å². The third kappa shape index (κ3) is 3.97. The highest BCUT2D eigenvalue weighted by Gasteiger charge is 2.02. The van der Waals surface area contributed by atoms with Crippen molar-refractivity contribution in [1.82, 2.24) is 0 Å². The van der Waals surface area contributed by atoms with Crippen LogP contribution in [-0.2, 0) is 0 Å². The Kier molecular flexibility index (Phi) is 5.40. The van der Waals surface area contributed by atoms with Gasteiger partial charge < -0.3 is 4.74 Å². The summed E-state index contributed by atoms with van der Waals surface area (Å²) in [5.41, 5.74) is 1.12. The summed E-state index contributed by atoms with van der Waals surface area (Å²) in [6.07, 6.45) is 6.30. The maximum Gasteiger partial charge on any atom is 0.119 e. The van der Waals surface area contributed by atoms with Gasteiger partial charge in [-0.15, -0.1) is 11.3 Å². The van der Waals surface area contributed by atoms with Gasteiger partial charge >= 0.3 is 0 Å². The van der Waals surface area contributed by atoms with Gasteiger partial charge in [-0.05, 0) is 54.8 Å². The van der Waals surface area contributed by atoms with Crippen LogP contribution in [0.25, 0.3) is 10.4 Å². The number of thiophene rings is 1. The van der Waals surface area contributed by atoms with Crippen LogP contribution >= 0.6 is 11.3 Å². The van der Waals surface area contributed by atoms with Crippen molar-refractivity contribution < 1.29 is 4.74 Å². The summed E-state index contributed by atoms with van der Waals surface area (Å²) in [6.45, 7) is 2.83. The first-order valence-corrected chi connectivity index (χ1v) is 7.53. The van der Waals surface area contributed by atoms with Gasteiger partial charge in [0.1, 0.15) is 16.7 Å². The predicted octanol–water partition coefficient (Wildman–Crippen LogP) is 5.02. The van der Waals surface area contributed by atoms with Crippen LogP contribution in [0.4, 0.5) is 0 Å². The second-order valence-electron chi connectivity index (χ2n) is 4.32. The van der Waals surface area contributed by atoms with Gasteiger partial charge in [0.05, 0.1) is 6.61 Å². The predicted molar refractivity (Wildman–Crippen MR) is 84.0 cm³/mol. The Balaban J connectivity index is 1.93. The molecule has 0 aliphatic carbocycles. The molecule has 20 heavy (non-hydrogen) atoms. The van der Waals surface area contributed by atoms with Gasteiger partial charge in [0, 0.05) is 4.88 Å². The van der Waals surface area contributed by atoms with E-state index < -0.39 is 0 Å². The molecule has 3 heteroatoms. The average Bonchev–Trinajstić information content (AvgIpc) is 2.97. The maximum atomic E-state index is 8.84. The number of nitriles is 1. The van der Waals surface area contributed by atoms with Gasteiger partial charge in [0.2, 0.25) is 0 Å². The highest BCUT2D eigenvalue weighted by Crippen LogP contribution is 2.29. The van der Waals surface area contributed by atoms with Crippen molar-refractivity contribution in [3.8, 4) is 22.3 Å². The molecule has 0 saturated carbocycles. The summed E-state index contributed by atoms with van der Waals surface area (Å²) in [4.78, 5) is 1.85. The number of nitrogens with zero attached hydrogens (tertiary/aromatic N) is 1. The molecule has 2 rings (SSSR count). The Morgan fingerprint density at radius 1 is 1.15 bits per heavy atom. The molecule has 1 aromatic carbocycles. The average molecular weight is 283 g/mol.